The molecule has 0 saturated carbocycles. The summed E-state index contributed by atoms with van der Waals surface area (Å²) in [5.74, 6) is 0.0707. The fourth-order valence-electron chi connectivity index (χ4n) is 2.27. The van der Waals surface area contributed by atoms with Crippen molar-refractivity contribution in [3.63, 3.8) is 0 Å². The van der Waals surface area contributed by atoms with E-state index in [-0.39, 0.29) is 23.6 Å². The fraction of sp³-hybridized carbons (Fsp3) is 0.867. The minimum Gasteiger partial charge on any atom is -0.450 e. The van der Waals surface area contributed by atoms with Crippen molar-refractivity contribution in [1.82, 2.24) is 15.5 Å². The van der Waals surface area contributed by atoms with Crippen molar-refractivity contribution in [2.45, 2.75) is 58.5 Å². The lowest BCUT2D eigenvalue weighted by Crippen LogP contribution is -2.47. The number of amides is 2. The van der Waals surface area contributed by atoms with Gasteiger partial charge in [0.2, 0.25) is 5.91 Å². The number of rotatable bonds is 5. The first kappa shape index (κ1) is 17.8. The van der Waals surface area contributed by atoms with Crippen LogP contribution in [0.2, 0.25) is 0 Å². The van der Waals surface area contributed by atoms with Crippen LogP contribution in [0.25, 0.3) is 0 Å². The van der Waals surface area contributed by atoms with Crippen molar-refractivity contribution in [2.75, 3.05) is 26.2 Å². The van der Waals surface area contributed by atoms with E-state index >= 15 is 0 Å². The van der Waals surface area contributed by atoms with Crippen molar-refractivity contribution in [1.29, 1.82) is 0 Å². The SMILES string of the molecule is CCOC(=O)N1CCC(NC(=O)CCNC(C)(C)C)CC1. The predicted molar refractivity (Wildman–Crippen MR) is 82.1 cm³/mol. The molecule has 0 atom stereocenters. The molecule has 0 aliphatic carbocycles. The summed E-state index contributed by atoms with van der Waals surface area (Å²) in [7, 11) is 0. The van der Waals surface area contributed by atoms with Gasteiger partial charge in [0.25, 0.3) is 0 Å². The Hall–Kier alpha value is -1.30. The van der Waals surface area contributed by atoms with E-state index in [1.807, 2.05) is 0 Å². The third-order valence-electron chi connectivity index (χ3n) is 3.39. The molecule has 0 spiro atoms. The molecule has 1 fully saturated rings. The van der Waals surface area contributed by atoms with Crippen LogP contribution in [0.3, 0.4) is 0 Å². The molecule has 1 rings (SSSR count). The zero-order valence-electron chi connectivity index (χ0n) is 13.7. The second-order valence-electron chi connectivity index (χ2n) is 6.45. The number of hydrogen-bond donors (Lipinski definition) is 2. The number of piperidine rings is 1. The zero-order valence-corrected chi connectivity index (χ0v) is 13.7. The Morgan fingerprint density at radius 2 is 1.86 bits per heavy atom. The van der Waals surface area contributed by atoms with Gasteiger partial charge in [0.15, 0.2) is 0 Å². The Bertz CT molecular complexity index is 345. The van der Waals surface area contributed by atoms with Crippen molar-refractivity contribution in [3.8, 4) is 0 Å². The van der Waals surface area contributed by atoms with E-state index in [2.05, 4.69) is 31.4 Å². The summed E-state index contributed by atoms with van der Waals surface area (Å²) in [6.07, 6.45) is 1.81. The third-order valence-corrected chi connectivity index (χ3v) is 3.39. The first-order chi connectivity index (χ1) is 9.81. The van der Waals surface area contributed by atoms with Gasteiger partial charge >= 0.3 is 6.09 Å². The van der Waals surface area contributed by atoms with Gasteiger partial charge in [-0.15, -0.1) is 0 Å². The number of nitrogens with zero attached hydrogens (tertiary/aromatic N) is 1. The van der Waals surface area contributed by atoms with Crippen molar-refractivity contribution in [2.24, 2.45) is 0 Å². The molecule has 2 amide bonds. The molecule has 0 radical (unpaired) electrons. The normalized spacial score (nSPS) is 16.7. The lowest BCUT2D eigenvalue weighted by atomic mass is 10.1. The number of nitrogens with one attached hydrogen (secondary N) is 2. The zero-order chi connectivity index (χ0) is 15.9. The van der Waals surface area contributed by atoms with Crippen LogP contribution in [0.4, 0.5) is 4.79 Å². The Morgan fingerprint density at radius 3 is 2.38 bits per heavy atom. The minimum absolute atomic E-state index is 0.0330. The van der Waals surface area contributed by atoms with Crippen LogP contribution in [0.15, 0.2) is 0 Å². The van der Waals surface area contributed by atoms with Gasteiger partial charge in [0, 0.05) is 37.6 Å². The van der Waals surface area contributed by atoms with Gasteiger partial charge in [0.05, 0.1) is 6.61 Å². The number of likely N-dealkylation sites (tertiary alicyclic amines) is 1. The summed E-state index contributed by atoms with van der Waals surface area (Å²) >= 11 is 0. The highest BCUT2D eigenvalue weighted by Gasteiger charge is 2.24. The standard InChI is InChI=1S/C15H29N3O3/c1-5-21-14(20)18-10-7-12(8-11-18)17-13(19)6-9-16-15(2,3)4/h12,16H,5-11H2,1-4H3,(H,17,19). The fourth-order valence-corrected chi connectivity index (χ4v) is 2.27. The molecule has 1 heterocycles. The predicted octanol–water partition coefficient (Wildman–Crippen LogP) is 1.50. The van der Waals surface area contributed by atoms with Crippen molar-refractivity contribution >= 4 is 12.0 Å². The molecule has 122 valence electrons. The molecule has 2 N–H and O–H groups in total. The van der Waals surface area contributed by atoms with E-state index in [0.29, 0.717) is 32.7 Å². The van der Waals surface area contributed by atoms with Crippen LogP contribution in [0.5, 0.6) is 0 Å². The van der Waals surface area contributed by atoms with Crippen LogP contribution in [-0.4, -0.2) is 54.7 Å². The van der Waals surface area contributed by atoms with E-state index in [9.17, 15) is 9.59 Å². The van der Waals surface area contributed by atoms with Gasteiger partial charge in [-0.05, 0) is 40.5 Å². The number of carbonyl (C=O) groups is 2. The second-order valence-corrected chi connectivity index (χ2v) is 6.45. The molecule has 1 aliphatic rings. The molecular formula is C15H29N3O3. The topological polar surface area (TPSA) is 70.7 Å². The largest absolute Gasteiger partial charge is 0.450 e. The average molecular weight is 299 g/mol. The molecule has 0 bridgehead atoms. The van der Waals surface area contributed by atoms with Crippen LogP contribution in [0, 0.1) is 0 Å². The molecule has 6 nitrogen and oxygen atoms in total. The first-order valence-corrected chi connectivity index (χ1v) is 7.78. The Labute approximate surface area is 127 Å². The summed E-state index contributed by atoms with van der Waals surface area (Å²) < 4.78 is 4.97. The molecule has 1 saturated heterocycles. The smallest absolute Gasteiger partial charge is 0.409 e. The number of hydrogen-bond acceptors (Lipinski definition) is 4. The lowest BCUT2D eigenvalue weighted by molar-refractivity contribution is -0.122. The molecule has 21 heavy (non-hydrogen) atoms. The minimum atomic E-state index is -0.253. The summed E-state index contributed by atoms with van der Waals surface area (Å²) in [6, 6.07) is 0.165. The number of ether oxygens (including phenoxy) is 1. The molecule has 0 aromatic carbocycles. The van der Waals surface area contributed by atoms with E-state index in [1.165, 1.54) is 0 Å². The third kappa shape index (κ3) is 7.32. The molecule has 6 heteroatoms. The highest BCUT2D eigenvalue weighted by atomic mass is 16.6. The maximum absolute atomic E-state index is 11.9. The average Bonchev–Trinajstić information content (AvgIpc) is 2.38. The van der Waals surface area contributed by atoms with Gasteiger partial charge in [-0.25, -0.2) is 4.79 Å². The Balaban J connectivity index is 2.20. The van der Waals surface area contributed by atoms with E-state index < -0.39 is 0 Å². The van der Waals surface area contributed by atoms with E-state index in [0.717, 1.165) is 12.8 Å². The van der Waals surface area contributed by atoms with Crippen LogP contribution in [0.1, 0.15) is 47.0 Å². The van der Waals surface area contributed by atoms with Gasteiger partial charge < -0.3 is 20.3 Å². The Kier molecular flexibility index (Phi) is 6.95. The summed E-state index contributed by atoms with van der Waals surface area (Å²) in [5, 5.41) is 6.33. The quantitative estimate of drug-likeness (QED) is 0.807. The molecule has 0 unspecified atom stereocenters. The van der Waals surface area contributed by atoms with Gasteiger partial charge in [-0.1, -0.05) is 0 Å². The van der Waals surface area contributed by atoms with Crippen LogP contribution >= 0.6 is 0 Å². The van der Waals surface area contributed by atoms with Crippen molar-refractivity contribution in [3.05, 3.63) is 0 Å². The monoisotopic (exact) mass is 299 g/mol. The maximum atomic E-state index is 11.9. The van der Waals surface area contributed by atoms with Gasteiger partial charge in [-0.2, -0.15) is 0 Å². The van der Waals surface area contributed by atoms with Gasteiger partial charge in [0.1, 0.15) is 0 Å². The van der Waals surface area contributed by atoms with Crippen molar-refractivity contribution < 1.29 is 14.3 Å². The van der Waals surface area contributed by atoms with Crippen LogP contribution in [-0.2, 0) is 9.53 Å². The number of carbonyl (C=O) groups excluding carboxylic acids is 2. The second kappa shape index (κ2) is 8.22. The Morgan fingerprint density at radius 1 is 1.24 bits per heavy atom. The summed E-state index contributed by atoms with van der Waals surface area (Å²) in [5.41, 5.74) is 0.0330. The molecule has 0 aromatic rings. The van der Waals surface area contributed by atoms with E-state index in [1.54, 1.807) is 11.8 Å². The highest BCUT2D eigenvalue weighted by molar-refractivity contribution is 5.76. The van der Waals surface area contributed by atoms with Crippen LogP contribution < -0.4 is 10.6 Å². The maximum Gasteiger partial charge on any atom is 0.409 e. The summed E-state index contributed by atoms with van der Waals surface area (Å²) in [6.45, 7) is 10.4. The highest BCUT2D eigenvalue weighted by Crippen LogP contribution is 2.11. The molecule has 1 aliphatic heterocycles. The molecular weight excluding hydrogens is 270 g/mol. The summed E-state index contributed by atoms with van der Waals surface area (Å²) in [4.78, 5) is 25.1. The first-order valence-electron chi connectivity index (χ1n) is 7.78. The van der Waals surface area contributed by atoms with Gasteiger partial charge in [-0.3, -0.25) is 4.79 Å². The molecule has 0 aromatic heterocycles. The van der Waals surface area contributed by atoms with E-state index in [4.69, 9.17) is 4.74 Å². The lowest BCUT2D eigenvalue weighted by Gasteiger charge is -2.31.